The molecule has 0 spiro atoms. The number of piperidine rings is 1. The van der Waals surface area contributed by atoms with Crippen molar-refractivity contribution in [1.29, 1.82) is 0 Å². The lowest BCUT2D eigenvalue weighted by molar-refractivity contribution is -0.140. The van der Waals surface area contributed by atoms with Gasteiger partial charge in [0.1, 0.15) is 0 Å². The molecule has 4 bridgehead atoms. The van der Waals surface area contributed by atoms with Gasteiger partial charge < -0.3 is 15.1 Å². The lowest BCUT2D eigenvalue weighted by Crippen LogP contribution is -2.51. The first-order chi connectivity index (χ1) is 14.8. The molecule has 31 heavy (non-hydrogen) atoms. The van der Waals surface area contributed by atoms with Crippen molar-refractivity contribution in [3.63, 3.8) is 0 Å². The molecule has 168 valence electrons. The second kappa shape index (κ2) is 7.83. The van der Waals surface area contributed by atoms with Crippen LogP contribution in [0.4, 0.5) is 11.4 Å². The molecule has 5 heteroatoms. The van der Waals surface area contributed by atoms with Gasteiger partial charge in [0.15, 0.2) is 0 Å². The highest BCUT2D eigenvalue weighted by Crippen LogP contribution is 2.60. The van der Waals surface area contributed by atoms with E-state index >= 15 is 0 Å². The zero-order valence-corrected chi connectivity index (χ0v) is 19.3. The van der Waals surface area contributed by atoms with E-state index in [0.29, 0.717) is 11.5 Å². The second-order valence-electron chi connectivity index (χ2n) is 11.3. The normalized spacial score (nSPS) is 32.2. The molecule has 0 radical (unpaired) electrons. The van der Waals surface area contributed by atoms with Gasteiger partial charge in [-0.05, 0) is 93.2 Å². The average molecular weight is 424 g/mol. The number of carbonyl (C=O) groups is 2. The molecule has 0 unspecified atom stereocenters. The van der Waals surface area contributed by atoms with Gasteiger partial charge in [0.25, 0.3) is 5.91 Å². The SMILES string of the molecule is CC1CCN(C(=O)c2cc(NC(=O)C34CC5CC(CC(C5)C3)C4)ccc2N(C)C)CC1. The van der Waals surface area contributed by atoms with Crippen molar-refractivity contribution in [1.82, 2.24) is 4.90 Å². The van der Waals surface area contributed by atoms with E-state index in [9.17, 15) is 9.59 Å². The molecule has 4 saturated carbocycles. The summed E-state index contributed by atoms with van der Waals surface area (Å²) in [4.78, 5) is 30.8. The Morgan fingerprint density at radius 3 is 2.13 bits per heavy atom. The van der Waals surface area contributed by atoms with Gasteiger partial charge >= 0.3 is 0 Å². The third-order valence-electron chi connectivity index (χ3n) is 8.56. The third kappa shape index (κ3) is 3.85. The van der Waals surface area contributed by atoms with Gasteiger partial charge in [-0.1, -0.05) is 6.92 Å². The van der Waals surface area contributed by atoms with Crippen LogP contribution in [0.5, 0.6) is 0 Å². The van der Waals surface area contributed by atoms with Gasteiger partial charge in [-0.3, -0.25) is 9.59 Å². The fourth-order valence-corrected chi connectivity index (χ4v) is 7.21. The van der Waals surface area contributed by atoms with Crippen molar-refractivity contribution in [3.8, 4) is 0 Å². The second-order valence-corrected chi connectivity index (χ2v) is 11.3. The maximum absolute atomic E-state index is 13.5. The van der Waals surface area contributed by atoms with Crippen molar-refractivity contribution in [2.45, 2.75) is 58.3 Å². The Hall–Kier alpha value is -2.04. The van der Waals surface area contributed by atoms with Crippen LogP contribution < -0.4 is 10.2 Å². The molecule has 5 aliphatic rings. The maximum Gasteiger partial charge on any atom is 0.256 e. The number of hydrogen-bond acceptors (Lipinski definition) is 3. The van der Waals surface area contributed by atoms with Crippen LogP contribution in [0.15, 0.2) is 18.2 Å². The molecule has 2 amide bonds. The van der Waals surface area contributed by atoms with Gasteiger partial charge in [-0.2, -0.15) is 0 Å². The van der Waals surface area contributed by atoms with Gasteiger partial charge in [-0.25, -0.2) is 0 Å². The van der Waals surface area contributed by atoms with Gasteiger partial charge in [-0.15, -0.1) is 0 Å². The van der Waals surface area contributed by atoms with Crippen LogP contribution in [0.2, 0.25) is 0 Å². The highest BCUT2D eigenvalue weighted by Gasteiger charge is 2.54. The number of amides is 2. The summed E-state index contributed by atoms with van der Waals surface area (Å²) < 4.78 is 0. The molecule has 1 aliphatic heterocycles. The minimum absolute atomic E-state index is 0.0847. The fraction of sp³-hybridized carbons (Fsp3) is 0.692. The van der Waals surface area contributed by atoms with E-state index in [1.165, 1.54) is 19.3 Å². The Bertz CT molecular complexity index is 834. The zero-order chi connectivity index (χ0) is 21.8. The van der Waals surface area contributed by atoms with Crippen LogP contribution >= 0.6 is 0 Å². The molecule has 0 atom stereocenters. The molecule has 1 saturated heterocycles. The molecule has 1 heterocycles. The molecule has 0 aromatic heterocycles. The van der Waals surface area contributed by atoms with Crippen LogP contribution in [-0.2, 0) is 4.79 Å². The maximum atomic E-state index is 13.5. The van der Waals surface area contributed by atoms with Crippen molar-refractivity contribution in [2.24, 2.45) is 29.1 Å². The molecule has 5 nitrogen and oxygen atoms in total. The standard InChI is InChI=1S/C26H37N3O2/c1-17-6-8-29(9-7-17)24(30)22-13-21(4-5-23(22)28(2)3)27-25(31)26-14-18-10-19(15-26)12-20(11-18)16-26/h4-5,13,17-20H,6-12,14-16H2,1-3H3,(H,27,31). The van der Waals surface area contributed by atoms with Crippen molar-refractivity contribution < 1.29 is 9.59 Å². The highest BCUT2D eigenvalue weighted by molar-refractivity contribution is 6.02. The zero-order valence-electron chi connectivity index (χ0n) is 19.3. The van der Waals surface area contributed by atoms with Crippen LogP contribution in [0.1, 0.15) is 68.6 Å². The number of hydrogen-bond donors (Lipinski definition) is 1. The number of likely N-dealkylation sites (tertiary alicyclic amines) is 1. The minimum atomic E-state index is -0.178. The van der Waals surface area contributed by atoms with Gasteiger partial charge in [0.05, 0.1) is 11.0 Å². The topological polar surface area (TPSA) is 52.7 Å². The first-order valence-corrected chi connectivity index (χ1v) is 12.2. The van der Waals surface area contributed by atoms with Crippen LogP contribution in [0, 0.1) is 29.1 Å². The molecule has 1 aromatic rings. The smallest absolute Gasteiger partial charge is 0.256 e. The Kier molecular flexibility index (Phi) is 5.26. The van der Waals surface area contributed by atoms with E-state index in [-0.39, 0.29) is 17.2 Å². The molecule has 4 aliphatic carbocycles. The van der Waals surface area contributed by atoms with Crippen LogP contribution in [0.25, 0.3) is 0 Å². The van der Waals surface area contributed by atoms with E-state index in [0.717, 1.165) is 74.3 Å². The molecule has 1 N–H and O–H groups in total. The predicted octanol–water partition coefficient (Wildman–Crippen LogP) is 4.78. The summed E-state index contributed by atoms with van der Waals surface area (Å²) in [6.45, 7) is 3.89. The van der Waals surface area contributed by atoms with Crippen molar-refractivity contribution in [2.75, 3.05) is 37.4 Å². The number of benzene rings is 1. The number of carbonyl (C=O) groups excluding carboxylic acids is 2. The lowest BCUT2D eigenvalue weighted by Gasteiger charge is -2.55. The summed E-state index contributed by atoms with van der Waals surface area (Å²) in [5.41, 5.74) is 2.20. The Labute approximate surface area is 186 Å². The van der Waals surface area contributed by atoms with Crippen LogP contribution in [-0.4, -0.2) is 43.9 Å². The third-order valence-corrected chi connectivity index (χ3v) is 8.56. The minimum Gasteiger partial charge on any atom is -0.377 e. The first kappa shape index (κ1) is 20.8. The fourth-order valence-electron chi connectivity index (χ4n) is 7.21. The Balaban J connectivity index is 1.37. The van der Waals surface area contributed by atoms with Gasteiger partial charge in [0.2, 0.25) is 5.91 Å². The average Bonchev–Trinajstić information content (AvgIpc) is 2.72. The van der Waals surface area contributed by atoms with Crippen molar-refractivity contribution >= 4 is 23.2 Å². The van der Waals surface area contributed by atoms with E-state index in [4.69, 9.17) is 0 Å². The summed E-state index contributed by atoms with van der Waals surface area (Å²) in [5.74, 6) is 3.18. The van der Waals surface area contributed by atoms with E-state index in [2.05, 4.69) is 12.2 Å². The summed E-state index contributed by atoms with van der Waals surface area (Å²) in [7, 11) is 3.94. The van der Waals surface area contributed by atoms with E-state index in [1.54, 1.807) is 0 Å². The van der Waals surface area contributed by atoms with E-state index < -0.39 is 0 Å². The number of anilines is 2. The lowest BCUT2D eigenvalue weighted by atomic mass is 9.49. The van der Waals surface area contributed by atoms with Crippen LogP contribution in [0.3, 0.4) is 0 Å². The molecular weight excluding hydrogens is 386 g/mol. The largest absolute Gasteiger partial charge is 0.377 e. The Morgan fingerprint density at radius 1 is 1.00 bits per heavy atom. The monoisotopic (exact) mass is 423 g/mol. The Morgan fingerprint density at radius 2 is 1.58 bits per heavy atom. The number of nitrogens with zero attached hydrogens (tertiary/aromatic N) is 2. The van der Waals surface area contributed by atoms with Gasteiger partial charge in [0, 0.05) is 38.6 Å². The number of rotatable bonds is 4. The van der Waals surface area contributed by atoms with Crippen molar-refractivity contribution in [3.05, 3.63) is 23.8 Å². The predicted molar refractivity (Wildman–Crippen MR) is 124 cm³/mol. The first-order valence-electron chi connectivity index (χ1n) is 12.2. The summed E-state index contributed by atoms with van der Waals surface area (Å²) in [6, 6.07) is 5.85. The summed E-state index contributed by atoms with van der Waals surface area (Å²) >= 11 is 0. The molecule has 6 rings (SSSR count). The molecule has 1 aromatic carbocycles. The highest BCUT2D eigenvalue weighted by atomic mass is 16.2. The quantitative estimate of drug-likeness (QED) is 0.758. The number of nitrogens with one attached hydrogen (secondary N) is 1. The summed E-state index contributed by atoms with van der Waals surface area (Å²) in [6.07, 6.45) is 9.28. The summed E-state index contributed by atoms with van der Waals surface area (Å²) in [5, 5.41) is 3.24. The molecular formula is C26H37N3O2. The molecule has 5 fully saturated rings. The van der Waals surface area contributed by atoms with E-state index in [1.807, 2.05) is 42.1 Å².